The van der Waals surface area contributed by atoms with E-state index in [2.05, 4.69) is 84.0 Å². The molecule has 8 rings (SSSR count). The number of rotatable bonds is 12. The van der Waals surface area contributed by atoms with Crippen molar-refractivity contribution < 1.29 is 28.7 Å². The van der Waals surface area contributed by atoms with E-state index in [9.17, 15) is 24.0 Å². The third-order valence-corrected chi connectivity index (χ3v) is 16.0. The Morgan fingerprint density at radius 1 is 0.986 bits per heavy atom. The van der Waals surface area contributed by atoms with Gasteiger partial charge in [0.15, 0.2) is 5.78 Å². The Morgan fingerprint density at radius 2 is 1.75 bits per heavy atom. The van der Waals surface area contributed by atoms with Crippen LogP contribution in [-0.2, 0) is 43.3 Å². The van der Waals surface area contributed by atoms with Crippen molar-refractivity contribution in [1.82, 2.24) is 44.9 Å². The number of fused-ring (bicyclic) bond motifs is 7. The zero-order valence-electron chi connectivity index (χ0n) is 44.1. The number of hydrogen-bond donors (Lipinski definition) is 2. The second-order valence-electron chi connectivity index (χ2n) is 21.7. The molecule has 6 atom stereocenters. The van der Waals surface area contributed by atoms with E-state index in [0.717, 1.165) is 70.4 Å². The Balaban J connectivity index is 1.11. The predicted molar refractivity (Wildman–Crippen MR) is 282 cm³/mol. The number of piperazine rings is 1. The van der Waals surface area contributed by atoms with Crippen LogP contribution < -0.4 is 10.7 Å². The number of methoxy groups -OCH3 is 1. The van der Waals surface area contributed by atoms with Gasteiger partial charge in [-0.25, -0.2) is 10.2 Å². The van der Waals surface area contributed by atoms with Crippen LogP contribution in [0, 0.1) is 11.3 Å². The third-order valence-electron chi connectivity index (χ3n) is 16.0. The molecule has 2 aromatic heterocycles. The van der Waals surface area contributed by atoms with Crippen molar-refractivity contribution in [3.05, 3.63) is 90.3 Å². The van der Waals surface area contributed by atoms with Gasteiger partial charge in [0.1, 0.15) is 12.1 Å². The first-order chi connectivity index (χ1) is 34.4. The lowest BCUT2D eigenvalue weighted by molar-refractivity contribution is -0.143. The highest BCUT2D eigenvalue weighted by molar-refractivity contribution is 5.96. The fourth-order valence-electron chi connectivity index (χ4n) is 11.7. The molecule has 15 heteroatoms. The minimum atomic E-state index is -0.999. The summed E-state index contributed by atoms with van der Waals surface area (Å²) in [5.74, 6) is -1.07. The quantitative estimate of drug-likeness (QED) is 0.138. The summed E-state index contributed by atoms with van der Waals surface area (Å²) in [6.45, 7) is 19.7. The molecule has 1 aliphatic carbocycles. The van der Waals surface area contributed by atoms with Crippen LogP contribution in [0.25, 0.3) is 33.3 Å². The minimum Gasteiger partial charge on any atom is -0.375 e. The molecule has 2 saturated heterocycles. The molecule has 386 valence electrons. The molecule has 3 aliphatic heterocycles. The van der Waals surface area contributed by atoms with Gasteiger partial charge in [-0.15, -0.1) is 0 Å². The number of urea groups is 1. The van der Waals surface area contributed by atoms with E-state index in [4.69, 9.17) is 9.72 Å². The number of likely N-dealkylation sites (N-methyl/N-ethyl adjacent to an activating group) is 2. The number of hydrogen-bond acceptors (Lipinski definition) is 9. The summed E-state index contributed by atoms with van der Waals surface area (Å²) in [5, 5.41) is 5.84. The maximum Gasteiger partial charge on any atom is 0.320 e. The number of aromatic nitrogens is 2. The van der Waals surface area contributed by atoms with E-state index in [0.29, 0.717) is 58.4 Å². The molecule has 4 aliphatic rings. The van der Waals surface area contributed by atoms with Gasteiger partial charge in [-0.05, 0) is 116 Å². The zero-order valence-corrected chi connectivity index (χ0v) is 44.1. The predicted octanol–water partition coefficient (Wildman–Crippen LogP) is 7.42. The van der Waals surface area contributed by atoms with Crippen molar-refractivity contribution in [3.8, 4) is 22.4 Å². The monoisotopic (exact) mass is 984 g/mol. The molecule has 2 N–H and O–H groups in total. The standard InChI is InChI=1S/C57H77N9O6/c1-11-50(68)61(8)28-29-63-30-31-65(48-23-22-47(48)63)56(71)62(9)52(36(3)4)54(69)59-45-33-38-16-13-17-39(32-38)40-20-21-46-42(34-40)43(53(64(46)12-2)41-18-14-26-58-51(41)37(5)72-10)35-57(6,7)25-24-49(67)44-19-15-27-66(60-44)55(45)70/h11,13-14,16-18,20-21,26,32,34,36-37,44-45,47-48,52,60H,1,12,15,19,22-25,27-31,33,35H2,2-10H3,(H,59,69)/t37-,44-,45-,47-,48+,52-/m0/s1. The molecule has 5 amide bonds. The van der Waals surface area contributed by atoms with Crippen LogP contribution in [-0.4, -0.2) is 148 Å². The van der Waals surface area contributed by atoms with E-state index in [1.165, 1.54) is 11.6 Å². The number of pyridine rings is 1. The molecule has 15 nitrogen and oxygen atoms in total. The van der Waals surface area contributed by atoms with Gasteiger partial charge in [-0.2, -0.15) is 0 Å². The first-order valence-electron chi connectivity index (χ1n) is 26.2. The smallest absolute Gasteiger partial charge is 0.320 e. The number of benzene rings is 2. The second kappa shape index (κ2) is 22.1. The number of carbonyl (C=O) groups excluding carboxylic acids is 5. The Bertz CT molecular complexity index is 2680. The summed E-state index contributed by atoms with van der Waals surface area (Å²) < 4.78 is 8.24. The Kier molecular flexibility index (Phi) is 16.1. The van der Waals surface area contributed by atoms with Crippen molar-refractivity contribution >= 4 is 40.4 Å². The highest BCUT2D eigenvalue weighted by Crippen LogP contribution is 2.43. The molecule has 4 aromatic rings. The Labute approximate surface area is 426 Å². The zero-order chi connectivity index (χ0) is 51.6. The van der Waals surface area contributed by atoms with Crippen molar-refractivity contribution in [2.45, 2.75) is 136 Å². The molecular formula is C57H77N9O6. The average molecular weight is 984 g/mol. The molecule has 2 aromatic carbocycles. The summed E-state index contributed by atoms with van der Waals surface area (Å²) in [7, 11) is 5.17. The van der Waals surface area contributed by atoms with Crippen molar-refractivity contribution in [1.29, 1.82) is 0 Å². The normalized spacial score (nSPS) is 22.4. The van der Waals surface area contributed by atoms with Gasteiger partial charge in [0.2, 0.25) is 11.8 Å². The van der Waals surface area contributed by atoms with Crippen LogP contribution >= 0.6 is 0 Å². The van der Waals surface area contributed by atoms with Gasteiger partial charge >= 0.3 is 6.03 Å². The third kappa shape index (κ3) is 10.7. The Morgan fingerprint density at radius 3 is 2.46 bits per heavy atom. The minimum absolute atomic E-state index is 0.00662. The van der Waals surface area contributed by atoms with E-state index in [-0.39, 0.29) is 59.6 Å². The van der Waals surface area contributed by atoms with Crippen LogP contribution in [0.3, 0.4) is 0 Å². The van der Waals surface area contributed by atoms with Crippen LogP contribution in [0.1, 0.15) is 103 Å². The Hall–Kier alpha value is -5.90. The van der Waals surface area contributed by atoms with Gasteiger partial charge in [-0.1, -0.05) is 64.6 Å². The molecule has 5 heterocycles. The lowest BCUT2D eigenvalue weighted by Crippen LogP contribution is -2.69. The number of ketones is 1. The molecule has 0 unspecified atom stereocenters. The molecule has 0 radical (unpaired) electrons. The van der Waals surface area contributed by atoms with Gasteiger partial charge < -0.3 is 29.3 Å². The average Bonchev–Trinajstić information content (AvgIpc) is 3.67. The maximum atomic E-state index is 14.9. The fourth-order valence-corrected chi connectivity index (χ4v) is 11.7. The number of amides is 5. The summed E-state index contributed by atoms with van der Waals surface area (Å²) in [6, 6.07) is 16.5. The van der Waals surface area contributed by atoms with Gasteiger partial charge in [0, 0.05) is 108 Å². The maximum absolute atomic E-state index is 14.9. The largest absolute Gasteiger partial charge is 0.375 e. The molecule has 1 saturated carbocycles. The topological polar surface area (TPSA) is 153 Å². The molecule has 72 heavy (non-hydrogen) atoms. The summed E-state index contributed by atoms with van der Waals surface area (Å²) in [5.41, 5.74) is 11.2. The van der Waals surface area contributed by atoms with Crippen LogP contribution in [0.5, 0.6) is 0 Å². The van der Waals surface area contributed by atoms with E-state index < -0.39 is 24.0 Å². The number of nitrogens with zero attached hydrogens (tertiary/aromatic N) is 7. The van der Waals surface area contributed by atoms with E-state index in [1.807, 2.05) is 50.1 Å². The van der Waals surface area contributed by atoms with Crippen LogP contribution in [0.15, 0.2) is 73.4 Å². The van der Waals surface area contributed by atoms with Crippen molar-refractivity contribution in [2.75, 3.05) is 53.9 Å². The number of Topliss-reactive ketones (excluding diaryl/α,β-unsaturated/α-hetero) is 1. The number of aryl methyl sites for hydroxylation is 1. The van der Waals surface area contributed by atoms with E-state index in [1.54, 1.807) is 36.0 Å². The van der Waals surface area contributed by atoms with Crippen LogP contribution in [0.4, 0.5) is 4.79 Å². The molecule has 0 spiro atoms. The lowest BCUT2D eigenvalue weighted by atomic mass is 9.79. The summed E-state index contributed by atoms with van der Waals surface area (Å²) in [6.07, 6.45) is 7.85. The van der Waals surface area contributed by atoms with Crippen LogP contribution in [0.2, 0.25) is 0 Å². The number of hydrazine groups is 1. The van der Waals surface area contributed by atoms with Gasteiger partial charge in [0.05, 0.1) is 23.5 Å². The summed E-state index contributed by atoms with van der Waals surface area (Å²) in [4.78, 5) is 82.9. The summed E-state index contributed by atoms with van der Waals surface area (Å²) >= 11 is 0. The number of carbonyl (C=O) groups is 5. The lowest BCUT2D eigenvalue weighted by Gasteiger charge is -2.55. The van der Waals surface area contributed by atoms with Crippen molar-refractivity contribution in [2.24, 2.45) is 11.3 Å². The van der Waals surface area contributed by atoms with Gasteiger partial charge in [-0.3, -0.25) is 34.1 Å². The fraction of sp³-hybridized carbons (Fsp3) is 0.544. The SMILES string of the molecule is C=CC(=O)N(C)CCN1CCN(C(=O)N(C)[C@H](C(=O)N[C@H]2Cc3cccc(c3)-c3ccc4c(c3)c(c(-c3cccnc3[C@H](C)OC)n4CC)CC(C)(C)CCC(=O)[C@@H]3CCCN(N3)C2=O)C(C)C)[C@@H]2CC[C@@H]21. The highest BCUT2D eigenvalue weighted by atomic mass is 16.5. The first-order valence-corrected chi connectivity index (χ1v) is 26.2. The molecular weight excluding hydrogens is 907 g/mol. The second-order valence-corrected chi connectivity index (χ2v) is 21.7. The highest BCUT2D eigenvalue weighted by Gasteiger charge is 2.47. The molecule has 6 bridgehead atoms. The van der Waals surface area contributed by atoms with Crippen molar-refractivity contribution in [3.63, 3.8) is 0 Å². The number of ether oxygens (including phenoxy) is 1. The number of nitrogens with one attached hydrogen (secondary N) is 2. The first kappa shape index (κ1) is 52.4. The molecule has 3 fully saturated rings. The van der Waals surface area contributed by atoms with Gasteiger partial charge in [0.25, 0.3) is 5.91 Å². The van der Waals surface area contributed by atoms with E-state index >= 15 is 0 Å².